The molecule has 0 N–H and O–H groups in total. The van der Waals surface area contributed by atoms with E-state index in [1.54, 1.807) is 32.4 Å². The van der Waals surface area contributed by atoms with E-state index in [2.05, 4.69) is 23.4 Å². The SMILES string of the molecule is CSc1nc(-c2ccccc2)s[s+]1. The molecular weight excluding hydrogens is 218 g/mol. The fraction of sp³-hybridized carbons (Fsp3) is 0.111. The van der Waals surface area contributed by atoms with Crippen LogP contribution in [0.5, 0.6) is 0 Å². The molecule has 2 rings (SSSR count). The van der Waals surface area contributed by atoms with Crippen LogP contribution in [0.25, 0.3) is 10.6 Å². The molecule has 0 fully saturated rings. The van der Waals surface area contributed by atoms with Crippen LogP contribution in [0.15, 0.2) is 34.7 Å². The molecule has 1 heterocycles. The second-order valence-corrected chi connectivity index (χ2v) is 5.58. The molecule has 1 aromatic heterocycles. The highest BCUT2D eigenvalue weighted by atomic mass is 32.9. The summed E-state index contributed by atoms with van der Waals surface area (Å²) in [4.78, 5) is 4.50. The van der Waals surface area contributed by atoms with Gasteiger partial charge in [0.25, 0.3) is 0 Å². The van der Waals surface area contributed by atoms with Crippen LogP contribution >= 0.6 is 32.4 Å². The van der Waals surface area contributed by atoms with Gasteiger partial charge in [0.05, 0.1) is 0 Å². The molecule has 0 saturated heterocycles. The molecule has 1 aromatic carbocycles. The lowest BCUT2D eigenvalue weighted by molar-refractivity contribution is 1.27. The van der Waals surface area contributed by atoms with Gasteiger partial charge in [-0.3, -0.25) is 0 Å². The smallest absolute Gasteiger partial charge is 0.170 e. The van der Waals surface area contributed by atoms with Crippen molar-refractivity contribution in [3.8, 4) is 10.6 Å². The molecule has 13 heavy (non-hydrogen) atoms. The maximum atomic E-state index is 4.50. The monoisotopic (exact) mass is 226 g/mol. The number of nitrogens with zero attached hydrogens (tertiary/aromatic N) is 1. The summed E-state index contributed by atoms with van der Waals surface area (Å²) in [7, 11) is 3.47. The predicted octanol–water partition coefficient (Wildman–Crippen LogP) is 3.87. The number of thioether (sulfide) groups is 1. The Morgan fingerprint density at radius 3 is 2.69 bits per heavy atom. The van der Waals surface area contributed by atoms with E-state index < -0.39 is 0 Å². The number of rotatable bonds is 2. The average molecular weight is 226 g/mol. The summed E-state index contributed by atoms with van der Waals surface area (Å²) in [5.41, 5.74) is 1.21. The Morgan fingerprint density at radius 2 is 2.08 bits per heavy atom. The average Bonchev–Trinajstić information content (AvgIpc) is 2.67. The summed E-state index contributed by atoms with van der Waals surface area (Å²) in [5, 5.41) is 1.12. The van der Waals surface area contributed by atoms with E-state index >= 15 is 0 Å². The first-order chi connectivity index (χ1) is 6.40. The van der Waals surface area contributed by atoms with E-state index in [1.807, 2.05) is 18.2 Å². The van der Waals surface area contributed by atoms with E-state index in [9.17, 15) is 0 Å². The Bertz CT molecular complexity index is 383. The quantitative estimate of drug-likeness (QED) is 0.438. The highest BCUT2D eigenvalue weighted by molar-refractivity contribution is 8.02. The van der Waals surface area contributed by atoms with Gasteiger partial charge in [-0.2, -0.15) is 4.98 Å². The van der Waals surface area contributed by atoms with Crippen molar-refractivity contribution in [2.24, 2.45) is 0 Å². The summed E-state index contributed by atoms with van der Waals surface area (Å²) in [6, 6.07) is 10.3. The van der Waals surface area contributed by atoms with Gasteiger partial charge >= 0.3 is 14.7 Å². The third-order valence-electron chi connectivity index (χ3n) is 1.58. The van der Waals surface area contributed by atoms with Gasteiger partial charge in [0.1, 0.15) is 0 Å². The minimum absolute atomic E-state index is 1.12. The number of hydrogen-bond donors (Lipinski definition) is 0. The zero-order chi connectivity index (χ0) is 9.10. The van der Waals surface area contributed by atoms with Crippen LogP contribution in [0.3, 0.4) is 0 Å². The molecule has 4 heteroatoms. The van der Waals surface area contributed by atoms with Crippen molar-refractivity contribution in [3.63, 3.8) is 0 Å². The minimum Gasteiger partial charge on any atom is -0.170 e. The molecule has 0 aliphatic carbocycles. The second-order valence-electron chi connectivity index (χ2n) is 2.42. The molecule has 0 radical (unpaired) electrons. The molecule has 0 aliphatic rings. The van der Waals surface area contributed by atoms with Crippen molar-refractivity contribution in [3.05, 3.63) is 30.3 Å². The largest absolute Gasteiger partial charge is 0.376 e. The number of hydrogen-bond acceptors (Lipinski definition) is 3. The summed E-state index contributed by atoms with van der Waals surface area (Å²) in [5.74, 6) is 0. The van der Waals surface area contributed by atoms with E-state index in [0.717, 1.165) is 9.35 Å². The van der Waals surface area contributed by atoms with Gasteiger partial charge in [0.2, 0.25) is 0 Å². The molecule has 0 unspecified atom stereocenters. The number of aromatic nitrogens is 1. The van der Waals surface area contributed by atoms with Crippen molar-refractivity contribution >= 4 is 32.4 Å². The van der Waals surface area contributed by atoms with Crippen molar-refractivity contribution in [2.45, 2.75) is 4.34 Å². The molecule has 0 bridgehead atoms. The molecule has 0 amide bonds. The summed E-state index contributed by atoms with van der Waals surface area (Å²) >= 11 is 1.70. The predicted molar refractivity (Wildman–Crippen MR) is 61.6 cm³/mol. The lowest BCUT2D eigenvalue weighted by Gasteiger charge is -1.89. The minimum atomic E-state index is 1.12. The highest BCUT2D eigenvalue weighted by Gasteiger charge is 2.15. The van der Waals surface area contributed by atoms with E-state index in [1.165, 1.54) is 5.56 Å². The van der Waals surface area contributed by atoms with Crippen LogP contribution in [0.4, 0.5) is 0 Å². The maximum Gasteiger partial charge on any atom is 0.376 e. The highest BCUT2D eigenvalue weighted by Crippen LogP contribution is 2.31. The lowest BCUT2D eigenvalue weighted by atomic mass is 10.2. The first kappa shape index (κ1) is 9.12. The Kier molecular flexibility index (Phi) is 2.93. The standard InChI is InChI=1S/C9H8NS3/c1-11-9-10-8(12-13-9)7-5-3-2-4-6-7/h2-6H,1H3/q+1. The zero-order valence-electron chi connectivity index (χ0n) is 7.06. The molecular formula is C9H8NS3+. The fourth-order valence-corrected chi connectivity index (χ4v) is 4.06. The zero-order valence-corrected chi connectivity index (χ0v) is 9.51. The van der Waals surface area contributed by atoms with Gasteiger partial charge in [-0.05, 0) is 18.0 Å². The van der Waals surface area contributed by atoms with E-state index in [4.69, 9.17) is 0 Å². The normalized spacial score (nSPS) is 10.2. The molecule has 0 spiro atoms. The molecule has 0 aliphatic heterocycles. The van der Waals surface area contributed by atoms with Crippen LogP contribution in [0.1, 0.15) is 0 Å². The van der Waals surface area contributed by atoms with Crippen molar-refractivity contribution in [1.82, 2.24) is 4.98 Å². The van der Waals surface area contributed by atoms with Crippen LogP contribution in [-0.4, -0.2) is 11.2 Å². The van der Waals surface area contributed by atoms with Gasteiger partial charge < -0.3 is 0 Å². The maximum absolute atomic E-state index is 4.50. The van der Waals surface area contributed by atoms with E-state index in [-0.39, 0.29) is 0 Å². The van der Waals surface area contributed by atoms with Crippen LogP contribution < -0.4 is 0 Å². The Labute approximate surface area is 88.9 Å². The van der Waals surface area contributed by atoms with Crippen molar-refractivity contribution in [1.29, 1.82) is 0 Å². The van der Waals surface area contributed by atoms with Gasteiger partial charge in [0.15, 0.2) is 15.3 Å². The molecule has 0 saturated carbocycles. The second kappa shape index (κ2) is 4.17. The first-order valence-electron chi connectivity index (χ1n) is 3.80. The van der Waals surface area contributed by atoms with Crippen molar-refractivity contribution < 1.29 is 0 Å². The van der Waals surface area contributed by atoms with Gasteiger partial charge in [-0.25, -0.2) is 0 Å². The third kappa shape index (κ3) is 2.07. The van der Waals surface area contributed by atoms with Crippen LogP contribution in [-0.2, 0) is 0 Å². The van der Waals surface area contributed by atoms with Crippen molar-refractivity contribution in [2.75, 3.05) is 6.26 Å². The van der Waals surface area contributed by atoms with Gasteiger partial charge in [-0.1, -0.05) is 30.3 Å². The summed E-state index contributed by atoms with van der Waals surface area (Å²) < 4.78 is 1.14. The molecule has 1 nitrogen and oxygen atoms in total. The molecule has 2 aromatic rings. The van der Waals surface area contributed by atoms with Gasteiger partial charge in [-0.15, -0.1) is 0 Å². The van der Waals surface area contributed by atoms with E-state index in [0.29, 0.717) is 0 Å². The third-order valence-corrected chi connectivity index (χ3v) is 5.09. The van der Waals surface area contributed by atoms with Gasteiger partial charge in [0, 0.05) is 5.56 Å². The summed E-state index contributed by atoms with van der Waals surface area (Å²) in [6.07, 6.45) is 2.06. The Morgan fingerprint density at radius 1 is 1.31 bits per heavy atom. The Balaban J connectivity index is 2.36. The lowest BCUT2D eigenvalue weighted by Crippen LogP contribution is -1.74. The molecule has 0 atom stereocenters. The first-order valence-corrected chi connectivity index (χ1v) is 7.17. The Hall–Kier alpha value is -0.450. The number of benzene rings is 1. The summed E-state index contributed by atoms with van der Waals surface area (Å²) in [6.45, 7) is 0. The van der Waals surface area contributed by atoms with Crippen LogP contribution in [0.2, 0.25) is 0 Å². The topological polar surface area (TPSA) is 12.9 Å². The fourth-order valence-electron chi connectivity index (χ4n) is 0.968. The molecule has 66 valence electrons. The van der Waals surface area contributed by atoms with Crippen LogP contribution in [0, 0.1) is 0 Å².